The van der Waals surface area contributed by atoms with Crippen molar-refractivity contribution >= 4 is 68.3 Å². The van der Waals surface area contributed by atoms with Crippen LogP contribution in [0, 0.1) is 0 Å². The van der Waals surface area contributed by atoms with Gasteiger partial charge >= 0.3 is 5.97 Å². The van der Waals surface area contributed by atoms with Gasteiger partial charge in [-0.15, -0.1) is 0 Å². The molecule has 0 saturated heterocycles. The lowest BCUT2D eigenvalue weighted by atomic mass is 10.1. The number of hydrogen-bond donors (Lipinski definition) is 2. The molecule has 22 heavy (non-hydrogen) atoms. The van der Waals surface area contributed by atoms with Gasteiger partial charge in [-0.1, -0.05) is 50.7 Å². The fourth-order valence-corrected chi connectivity index (χ4v) is 2.81. The molecular weight excluding hydrogens is 416 g/mol. The van der Waals surface area contributed by atoms with Gasteiger partial charge in [0.1, 0.15) is 0 Å². The van der Waals surface area contributed by atoms with Crippen LogP contribution in [0.1, 0.15) is 20.7 Å². The molecule has 0 aliphatic carbocycles. The van der Waals surface area contributed by atoms with Crippen LogP contribution in [0.5, 0.6) is 0 Å². The average molecular weight is 423 g/mol. The van der Waals surface area contributed by atoms with Crippen LogP contribution in [-0.2, 0) is 0 Å². The van der Waals surface area contributed by atoms with E-state index in [1.54, 1.807) is 18.2 Å². The van der Waals surface area contributed by atoms with Gasteiger partial charge in [-0.05, 0) is 30.3 Å². The van der Waals surface area contributed by atoms with Crippen molar-refractivity contribution in [3.05, 3.63) is 61.0 Å². The zero-order chi connectivity index (χ0) is 16.4. The number of carboxylic acids is 1. The van der Waals surface area contributed by atoms with E-state index in [0.29, 0.717) is 4.47 Å². The number of nitrogens with one attached hydrogen (secondary N) is 1. The van der Waals surface area contributed by atoms with E-state index in [1.807, 2.05) is 0 Å². The molecular formula is C14H7BrCl3NO3. The Hall–Kier alpha value is -1.27. The summed E-state index contributed by atoms with van der Waals surface area (Å²) in [6.07, 6.45) is 0. The summed E-state index contributed by atoms with van der Waals surface area (Å²) in [5, 5.41) is 11.7. The van der Waals surface area contributed by atoms with Crippen LogP contribution in [0.25, 0.3) is 0 Å². The van der Waals surface area contributed by atoms with E-state index >= 15 is 0 Å². The topological polar surface area (TPSA) is 66.4 Å². The summed E-state index contributed by atoms with van der Waals surface area (Å²) < 4.78 is 0.681. The first kappa shape index (κ1) is 17.1. The summed E-state index contributed by atoms with van der Waals surface area (Å²) in [5.41, 5.74) is 0.272. The quantitative estimate of drug-likeness (QED) is 0.698. The summed E-state index contributed by atoms with van der Waals surface area (Å²) in [6.45, 7) is 0. The monoisotopic (exact) mass is 421 g/mol. The van der Waals surface area contributed by atoms with Gasteiger partial charge in [0.05, 0.1) is 31.9 Å². The van der Waals surface area contributed by atoms with Crippen molar-refractivity contribution in [2.24, 2.45) is 0 Å². The lowest BCUT2D eigenvalue weighted by Gasteiger charge is -2.11. The predicted molar refractivity (Wildman–Crippen MR) is 90.5 cm³/mol. The van der Waals surface area contributed by atoms with Crippen LogP contribution in [0.3, 0.4) is 0 Å². The SMILES string of the molecule is O=C(O)c1cc(Cl)c(NC(=O)c2cc(Br)ccc2Cl)c(Cl)c1. The maximum absolute atomic E-state index is 12.3. The summed E-state index contributed by atoms with van der Waals surface area (Å²) in [5.74, 6) is -1.69. The summed E-state index contributed by atoms with van der Waals surface area (Å²) >= 11 is 21.2. The van der Waals surface area contributed by atoms with Crippen molar-refractivity contribution in [1.29, 1.82) is 0 Å². The molecule has 114 valence electrons. The second-order valence-corrected chi connectivity index (χ2v) is 6.34. The van der Waals surface area contributed by atoms with E-state index in [4.69, 9.17) is 39.9 Å². The van der Waals surface area contributed by atoms with E-state index in [1.165, 1.54) is 12.1 Å². The number of carboxylic acid groups (broad SMARTS) is 1. The van der Waals surface area contributed by atoms with Gasteiger partial charge < -0.3 is 10.4 Å². The molecule has 2 rings (SSSR count). The highest BCUT2D eigenvalue weighted by molar-refractivity contribution is 9.10. The highest BCUT2D eigenvalue weighted by Gasteiger charge is 2.17. The molecule has 8 heteroatoms. The van der Waals surface area contributed by atoms with E-state index in [-0.39, 0.29) is 31.9 Å². The Balaban J connectivity index is 2.36. The number of benzene rings is 2. The Labute approximate surface area is 149 Å². The van der Waals surface area contributed by atoms with Crippen molar-refractivity contribution in [2.75, 3.05) is 5.32 Å². The van der Waals surface area contributed by atoms with Gasteiger partial charge in [0.2, 0.25) is 0 Å². The maximum Gasteiger partial charge on any atom is 0.335 e. The molecule has 0 radical (unpaired) electrons. The average Bonchev–Trinajstić information content (AvgIpc) is 2.44. The number of amides is 1. The molecule has 2 N–H and O–H groups in total. The molecule has 0 saturated carbocycles. The number of carbonyl (C=O) groups is 2. The van der Waals surface area contributed by atoms with Gasteiger partial charge in [-0.25, -0.2) is 4.79 Å². The van der Waals surface area contributed by atoms with E-state index in [9.17, 15) is 9.59 Å². The summed E-state index contributed by atoms with van der Waals surface area (Å²) in [6, 6.07) is 7.21. The van der Waals surface area contributed by atoms with Gasteiger partial charge in [-0.3, -0.25) is 4.79 Å². The first-order chi connectivity index (χ1) is 10.3. The van der Waals surface area contributed by atoms with Gasteiger partial charge in [0.15, 0.2) is 0 Å². The molecule has 0 atom stereocenters. The fraction of sp³-hybridized carbons (Fsp3) is 0. The lowest BCUT2D eigenvalue weighted by Crippen LogP contribution is -2.13. The van der Waals surface area contributed by atoms with Crippen LogP contribution in [0.15, 0.2) is 34.8 Å². The molecule has 4 nitrogen and oxygen atoms in total. The number of hydrogen-bond acceptors (Lipinski definition) is 2. The number of carbonyl (C=O) groups excluding carboxylic acids is 1. The van der Waals surface area contributed by atoms with E-state index < -0.39 is 11.9 Å². The van der Waals surface area contributed by atoms with Crippen molar-refractivity contribution in [1.82, 2.24) is 0 Å². The largest absolute Gasteiger partial charge is 0.478 e. The minimum absolute atomic E-state index is 0.0179. The van der Waals surface area contributed by atoms with Crippen molar-refractivity contribution in [3.8, 4) is 0 Å². The molecule has 0 aliphatic rings. The number of rotatable bonds is 3. The molecule has 0 heterocycles. The summed E-state index contributed by atoms with van der Waals surface area (Å²) in [7, 11) is 0. The lowest BCUT2D eigenvalue weighted by molar-refractivity contribution is 0.0696. The molecule has 0 aromatic heterocycles. The smallest absolute Gasteiger partial charge is 0.335 e. The van der Waals surface area contributed by atoms with Crippen molar-refractivity contribution in [3.63, 3.8) is 0 Å². The standard InChI is InChI=1S/C14H7BrCl3NO3/c15-7-1-2-9(16)8(5-7)13(20)19-12-10(17)3-6(14(21)22)4-11(12)18/h1-5H,(H,19,20)(H,21,22). The van der Waals surface area contributed by atoms with Crippen LogP contribution in [0.2, 0.25) is 15.1 Å². The second kappa shape index (κ2) is 6.87. The third-order valence-electron chi connectivity index (χ3n) is 2.70. The molecule has 1 amide bonds. The van der Waals surface area contributed by atoms with Crippen LogP contribution in [0.4, 0.5) is 5.69 Å². The van der Waals surface area contributed by atoms with Crippen molar-refractivity contribution < 1.29 is 14.7 Å². The van der Waals surface area contributed by atoms with Crippen molar-refractivity contribution in [2.45, 2.75) is 0 Å². The first-order valence-corrected chi connectivity index (χ1v) is 7.71. The first-order valence-electron chi connectivity index (χ1n) is 5.78. The molecule has 2 aromatic carbocycles. The predicted octanol–water partition coefficient (Wildman–Crippen LogP) is 5.36. The van der Waals surface area contributed by atoms with Gasteiger partial charge in [0.25, 0.3) is 5.91 Å². The van der Waals surface area contributed by atoms with E-state index in [0.717, 1.165) is 0 Å². The minimum Gasteiger partial charge on any atom is -0.478 e. The minimum atomic E-state index is -1.17. The number of aromatic carboxylic acids is 1. The van der Waals surface area contributed by atoms with Gasteiger partial charge in [-0.2, -0.15) is 0 Å². The highest BCUT2D eigenvalue weighted by atomic mass is 79.9. The zero-order valence-electron chi connectivity index (χ0n) is 10.7. The third kappa shape index (κ3) is 3.73. The molecule has 0 fully saturated rings. The third-order valence-corrected chi connectivity index (χ3v) is 4.12. The fourth-order valence-electron chi connectivity index (χ4n) is 1.67. The van der Waals surface area contributed by atoms with Crippen LogP contribution < -0.4 is 5.32 Å². The Bertz CT molecular complexity index is 757. The van der Waals surface area contributed by atoms with Crippen LogP contribution >= 0.6 is 50.7 Å². The second-order valence-electron chi connectivity index (χ2n) is 4.20. The Morgan fingerprint density at radius 1 is 1.00 bits per heavy atom. The normalized spacial score (nSPS) is 10.4. The molecule has 2 aromatic rings. The molecule has 0 aliphatic heterocycles. The Morgan fingerprint density at radius 2 is 1.59 bits per heavy atom. The van der Waals surface area contributed by atoms with E-state index in [2.05, 4.69) is 21.2 Å². The maximum atomic E-state index is 12.3. The molecule has 0 spiro atoms. The number of halogens is 4. The molecule has 0 bridgehead atoms. The summed E-state index contributed by atoms with van der Waals surface area (Å²) in [4.78, 5) is 23.2. The zero-order valence-corrected chi connectivity index (χ0v) is 14.5. The highest BCUT2D eigenvalue weighted by Crippen LogP contribution is 2.33. The van der Waals surface area contributed by atoms with Gasteiger partial charge in [0, 0.05) is 4.47 Å². The molecule has 0 unspecified atom stereocenters. The Kier molecular flexibility index (Phi) is 5.34. The number of anilines is 1. The van der Waals surface area contributed by atoms with Crippen LogP contribution in [-0.4, -0.2) is 17.0 Å². The Morgan fingerprint density at radius 3 is 2.14 bits per heavy atom.